The van der Waals surface area contributed by atoms with Gasteiger partial charge in [0.05, 0.1) is 5.56 Å². The molecule has 0 spiro atoms. The van der Waals surface area contributed by atoms with E-state index in [1.165, 1.54) is 0 Å². The molecule has 0 aromatic heterocycles. The smallest absolute Gasteiger partial charge is 0.135 e. The van der Waals surface area contributed by atoms with Crippen LogP contribution in [0.25, 0.3) is 0 Å². The number of aryl methyl sites for hydroxylation is 1. The van der Waals surface area contributed by atoms with Gasteiger partial charge in [0.25, 0.3) is 0 Å². The van der Waals surface area contributed by atoms with E-state index in [1.54, 1.807) is 0 Å². The minimum atomic E-state index is -0.162. The Kier molecular flexibility index (Phi) is 5.06. The summed E-state index contributed by atoms with van der Waals surface area (Å²) in [5.74, 6) is 6.26. The van der Waals surface area contributed by atoms with Gasteiger partial charge in [0, 0.05) is 5.02 Å². The largest absolute Gasteiger partial charge is 0.488 e. The Hall–Kier alpha value is -1.95. The molecule has 0 heterocycles. The highest BCUT2D eigenvalue weighted by Crippen LogP contribution is 2.20. The predicted molar refractivity (Wildman–Crippen MR) is 80.9 cm³/mol. The Labute approximate surface area is 124 Å². The molecular weight excluding hydrogens is 272 g/mol. The van der Waals surface area contributed by atoms with Gasteiger partial charge in [-0.1, -0.05) is 41.6 Å². The minimum Gasteiger partial charge on any atom is -0.488 e. The molecule has 0 saturated carbocycles. The van der Waals surface area contributed by atoms with Gasteiger partial charge < -0.3 is 9.84 Å². The highest BCUT2D eigenvalue weighted by atomic mass is 35.5. The van der Waals surface area contributed by atoms with Gasteiger partial charge in [0.2, 0.25) is 0 Å². The predicted octanol–water partition coefficient (Wildman–Crippen LogP) is 3.57. The Balaban J connectivity index is 2.14. The summed E-state index contributed by atoms with van der Waals surface area (Å²) in [5.41, 5.74) is 2.93. The third-order valence-corrected chi connectivity index (χ3v) is 3.00. The molecule has 0 unspecified atom stereocenters. The Morgan fingerprint density at radius 1 is 1.15 bits per heavy atom. The van der Waals surface area contributed by atoms with Crippen LogP contribution in [0.15, 0.2) is 42.5 Å². The number of hydrogen-bond donors (Lipinski definition) is 1. The van der Waals surface area contributed by atoms with Gasteiger partial charge in [0.1, 0.15) is 19.0 Å². The summed E-state index contributed by atoms with van der Waals surface area (Å²) >= 11 is 5.85. The molecule has 20 heavy (non-hydrogen) atoms. The summed E-state index contributed by atoms with van der Waals surface area (Å²) in [6, 6.07) is 13.3. The summed E-state index contributed by atoms with van der Waals surface area (Å²) < 4.78 is 5.79. The quantitative estimate of drug-likeness (QED) is 0.874. The fourth-order valence-electron chi connectivity index (χ4n) is 1.74. The van der Waals surface area contributed by atoms with Gasteiger partial charge >= 0.3 is 0 Å². The van der Waals surface area contributed by atoms with Crippen molar-refractivity contribution in [2.24, 2.45) is 0 Å². The van der Waals surface area contributed by atoms with E-state index in [2.05, 4.69) is 11.8 Å². The van der Waals surface area contributed by atoms with E-state index in [1.807, 2.05) is 49.4 Å². The molecular formula is C17H15ClO2. The van der Waals surface area contributed by atoms with Crippen LogP contribution in [0.3, 0.4) is 0 Å². The number of ether oxygens (including phenoxy) is 1. The first-order chi connectivity index (χ1) is 9.69. The number of halogens is 1. The van der Waals surface area contributed by atoms with Crippen molar-refractivity contribution in [2.45, 2.75) is 13.5 Å². The van der Waals surface area contributed by atoms with Crippen molar-refractivity contribution >= 4 is 11.6 Å². The lowest BCUT2D eigenvalue weighted by molar-refractivity contribution is 0.305. The number of rotatable bonds is 3. The van der Waals surface area contributed by atoms with Gasteiger partial charge in [-0.25, -0.2) is 0 Å². The van der Waals surface area contributed by atoms with E-state index in [0.717, 1.165) is 16.7 Å². The molecule has 1 N–H and O–H groups in total. The first-order valence-corrected chi connectivity index (χ1v) is 6.64. The third-order valence-electron chi connectivity index (χ3n) is 2.74. The number of hydrogen-bond acceptors (Lipinski definition) is 2. The van der Waals surface area contributed by atoms with E-state index in [4.69, 9.17) is 21.4 Å². The molecule has 0 bridgehead atoms. The zero-order valence-corrected chi connectivity index (χ0v) is 11.9. The lowest BCUT2D eigenvalue weighted by Gasteiger charge is -2.09. The molecule has 0 amide bonds. The maximum atomic E-state index is 8.79. The van der Waals surface area contributed by atoms with Gasteiger partial charge in [0.15, 0.2) is 0 Å². The van der Waals surface area contributed by atoms with Crippen LogP contribution in [0.4, 0.5) is 0 Å². The molecule has 102 valence electrons. The lowest BCUT2D eigenvalue weighted by Crippen LogP contribution is -1.97. The second kappa shape index (κ2) is 7.00. The van der Waals surface area contributed by atoms with Crippen LogP contribution in [0, 0.1) is 18.8 Å². The first-order valence-electron chi connectivity index (χ1n) is 6.26. The summed E-state index contributed by atoms with van der Waals surface area (Å²) in [6.45, 7) is 2.28. The van der Waals surface area contributed by atoms with Crippen LogP contribution < -0.4 is 4.74 Å². The second-order valence-corrected chi connectivity index (χ2v) is 4.81. The molecule has 0 radical (unpaired) electrons. The number of aliphatic hydroxyl groups excluding tert-OH is 1. The highest BCUT2D eigenvalue weighted by Gasteiger charge is 2.02. The average Bonchev–Trinajstić information content (AvgIpc) is 2.46. The van der Waals surface area contributed by atoms with Crippen molar-refractivity contribution < 1.29 is 9.84 Å². The van der Waals surface area contributed by atoms with Crippen LogP contribution in [0.2, 0.25) is 5.02 Å². The van der Waals surface area contributed by atoms with Crippen molar-refractivity contribution in [3.63, 3.8) is 0 Å². The van der Waals surface area contributed by atoms with E-state index in [0.29, 0.717) is 17.4 Å². The van der Waals surface area contributed by atoms with Crippen molar-refractivity contribution in [3.05, 3.63) is 64.2 Å². The Morgan fingerprint density at radius 3 is 2.60 bits per heavy atom. The van der Waals surface area contributed by atoms with Gasteiger partial charge in [-0.15, -0.1) is 0 Å². The number of aliphatic hydroxyl groups is 1. The maximum Gasteiger partial charge on any atom is 0.135 e. The van der Waals surface area contributed by atoms with Gasteiger partial charge in [-0.3, -0.25) is 0 Å². The van der Waals surface area contributed by atoms with Crippen molar-refractivity contribution in [1.29, 1.82) is 0 Å². The molecule has 2 aromatic carbocycles. The first kappa shape index (κ1) is 14.5. The molecule has 0 aliphatic rings. The van der Waals surface area contributed by atoms with Crippen LogP contribution in [-0.4, -0.2) is 11.7 Å². The van der Waals surface area contributed by atoms with Crippen molar-refractivity contribution in [3.8, 4) is 17.6 Å². The zero-order valence-electron chi connectivity index (χ0n) is 11.2. The molecule has 3 heteroatoms. The molecule has 2 rings (SSSR count). The molecule has 2 aromatic rings. The number of benzene rings is 2. The van der Waals surface area contributed by atoms with Crippen LogP contribution in [0.1, 0.15) is 16.7 Å². The normalized spacial score (nSPS) is 9.75. The SMILES string of the molecule is Cc1ccc(OCc2ccc(Cl)cc2)c(C#CCO)c1. The molecule has 0 saturated heterocycles. The van der Waals surface area contributed by atoms with Crippen LogP contribution >= 0.6 is 11.6 Å². The van der Waals surface area contributed by atoms with Crippen molar-refractivity contribution in [2.75, 3.05) is 6.61 Å². The van der Waals surface area contributed by atoms with E-state index >= 15 is 0 Å². The third kappa shape index (κ3) is 4.03. The summed E-state index contributed by atoms with van der Waals surface area (Å²) in [5, 5.41) is 9.50. The lowest BCUT2D eigenvalue weighted by atomic mass is 10.1. The van der Waals surface area contributed by atoms with Gasteiger partial charge in [-0.2, -0.15) is 0 Å². The molecule has 2 nitrogen and oxygen atoms in total. The molecule has 0 aliphatic heterocycles. The molecule has 0 fully saturated rings. The highest BCUT2D eigenvalue weighted by molar-refractivity contribution is 6.30. The second-order valence-electron chi connectivity index (χ2n) is 4.37. The van der Waals surface area contributed by atoms with Crippen molar-refractivity contribution in [1.82, 2.24) is 0 Å². The summed E-state index contributed by atoms with van der Waals surface area (Å²) in [4.78, 5) is 0. The van der Waals surface area contributed by atoms with E-state index < -0.39 is 0 Å². The Morgan fingerprint density at radius 2 is 1.90 bits per heavy atom. The monoisotopic (exact) mass is 286 g/mol. The van der Waals surface area contributed by atoms with E-state index in [-0.39, 0.29) is 6.61 Å². The van der Waals surface area contributed by atoms with E-state index in [9.17, 15) is 0 Å². The maximum absolute atomic E-state index is 8.79. The fourth-order valence-corrected chi connectivity index (χ4v) is 1.87. The van der Waals surface area contributed by atoms with Crippen LogP contribution in [0.5, 0.6) is 5.75 Å². The summed E-state index contributed by atoms with van der Waals surface area (Å²) in [6.07, 6.45) is 0. The zero-order chi connectivity index (χ0) is 14.4. The molecule has 0 atom stereocenters. The summed E-state index contributed by atoms with van der Waals surface area (Å²) in [7, 11) is 0. The average molecular weight is 287 g/mol. The van der Waals surface area contributed by atoms with Crippen LogP contribution in [-0.2, 0) is 6.61 Å². The minimum absolute atomic E-state index is 0.162. The standard InChI is InChI=1S/C17H15ClO2/c1-13-4-9-17(15(11-13)3-2-10-19)20-12-14-5-7-16(18)8-6-14/h4-9,11,19H,10,12H2,1H3. The fraction of sp³-hybridized carbons (Fsp3) is 0.176. The topological polar surface area (TPSA) is 29.5 Å². The Bertz CT molecular complexity index is 636. The molecule has 0 aliphatic carbocycles. The van der Waals surface area contributed by atoms with Gasteiger partial charge in [-0.05, 0) is 42.3 Å².